The van der Waals surface area contributed by atoms with Gasteiger partial charge in [0.15, 0.2) is 5.82 Å². The van der Waals surface area contributed by atoms with Crippen molar-refractivity contribution in [3.05, 3.63) is 60.2 Å². The number of aryl methyl sites for hydroxylation is 1. The molecule has 1 N–H and O–H groups in total. The minimum Gasteiger partial charge on any atom is -0.494 e. The average Bonchev–Trinajstić information content (AvgIpc) is 3.35. The van der Waals surface area contributed by atoms with Crippen LogP contribution in [-0.2, 0) is 14.8 Å². The molecule has 0 aliphatic rings. The molecule has 3 aromatic heterocycles. The summed E-state index contributed by atoms with van der Waals surface area (Å²) in [6.45, 7) is 3.26. The van der Waals surface area contributed by atoms with Crippen LogP contribution in [-0.4, -0.2) is 71.8 Å². The van der Waals surface area contributed by atoms with Gasteiger partial charge in [-0.15, -0.1) is 10.2 Å². The monoisotopic (exact) mass is 555 g/mol. The molecule has 4 rings (SSSR count). The van der Waals surface area contributed by atoms with E-state index in [0.29, 0.717) is 40.1 Å². The number of sulfonamides is 1. The number of nitrogens with one attached hydrogen (secondary N) is 1. The summed E-state index contributed by atoms with van der Waals surface area (Å²) in [5.41, 5.74) is 1.25. The van der Waals surface area contributed by atoms with Crippen LogP contribution in [0.1, 0.15) is 24.4 Å². The fourth-order valence-corrected chi connectivity index (χ4v) is 5.13. The third kappa shape index (κ3) is 5.61. The zero-order valence-corrected chi connectivity index (χ0v) is 23.1. The summed E-state index contributed by atoms with van der Waals surface area (Å²) in [4.78, 5) is 12.8. The van der Waals surface area contributed by atoms with Gasteiger partial charge in [-0.2, -0.15) is 0 Å². The smallest absolute Gasteiger partial charge is 0.243 e. The van der Waals surface area contributed by atoms with E-state index >= 15 is 0 Å². The molecule has 2 atom stereocenters. The van der Waals surface area contributed by atoms with Gasteiger partial charge in [0.05, 0.1) is 21.3 Å². The lowest BCUT2D eigenvalue weighted by atomic mass is 10.1. The third-order valence-electron chi connectivity index (χ3n) is 5.98. The Hall–Kier alpha value is -4.30. The Bertz CT molecular complexity index is 1520. The zero-order valence-electron chi connectivity index (χ0n) is 22.3. The lowest BCUT2D eigenvalue weighted by molar-refractivity contribution is 0.102. The Morgan fingerprint density at radius 3 is 2.13 bits per heavy atom. The van der Waals surface area contributed by atoms with Crippen LogP contribution in [0.5, 0.6) is 17.4 Å². The molecule has 39 heavy (non-hydrogen) atoms. The van der Waals surface area contributed by atoms with Crippen LogP contribution < -0.4 is 18.9 Å². The summed E-state index contributed by atoms with van der Waals surface area (Å²) in [6.07, 6.45) is 2.22. The predicted octanol–water partition coefficient (Wildman–Crippen LogP) is 2.97. The van der Waals surface area contributed by atoms with Crippen LogP contribution >= 0.6 is 0 Å². The quantitative estimate of drug-likeness (QED) is 0.291. The van der Waals surface area contributed by atoms with Crippen molar-refractivity contribution in [3.8, 4) is 34.6 Å². The van der Waals surface area contributed by atoms with Gasteiger partial charge < -0.3 is 18.9 Å². The summed E-state index contributed by atoms with van der Waals surface area (Å²) in [7, 11) is 1.78. The molecule has 0 unspecified atom stereocenters. The van der Waals surface area contributed by atoms with Crippen LogP contribution in [0.25, 0.3) is 17.2 Å². The molecule has 3 heterocycles. The molecule has 1 aromatic carbocycles. The van der Waals surface area contributed by atoms with Gasteiger partial charge >= 0.3 is 0 Å². The lowest BCUT2D eigenvalue weighted by Gasteiger charge is -2.23. The topological polar surface area (TPSA) is 152 Å². The second-order valence-electron chi connectivity index (χ2n) is 8.33. The van der Waals surface area contributed by atoms with Crippen LogP contribution in [0.2, 0.25) is 0 Å². The Morgan fingerprint density at radius 1 is 0.897 bits per heavy atom. The minimum atomic E-state index is -4.11. The van der Waals surface area contributed by atoms with E-state index in [4.69, 9.17) is 18.9 Å². The van der Waals surface area contributed by atoms with E-state index in [1.807, 2.05) is 0 Å². The number of pyridine rings is 1. The first kappa shape index (κ1) is 27.7. The maximum atomic E-state index is 13.7. The highest BCUT2D eigenvalue weighted by molar-refractivity contribution is 7.93. The SMILES string of the molecule is COc1cccc(-c2nnc(NS(=O)(=O)[C@@H](C)[C@@H](OC)c3cnc(C)nc3)n2-c2c(OC)cccc2OC)n1. The number of benzene rings is 1. The fourth-order valence-electron chi connectivity index (χ4n) is 3.96. The molecule has 0 amide bonds. The van der Waals surface area contributed by atoms with Gasteiger partial charge in [0.2, 0.25) is 21.9 Å². The van der Waals surface area contributed by atoms with E-state index in [0.717, 1.165) is 0 Å². The first-order valence-corrected chi connectivity index (χ1v) is 13.3. The highest BCUT2D eigenvalue weighted by Gasteiger charge is 2.34. The Morgan fingerprint density at radius 2 is 1.54 bits per heavy atom. The van der Waals surface area contributed by atoms with Crippen LogP contribution in [0.15, 0.2) is 48.8 Å². The summed E-state index contributed by atoms with van der Waals surface area (Å²) in [6, 6.07) is 10.3. The number of hydrogen-bond acceptors (Lipinski definition) is 11. The van der Waals surface area contributed by atoms with E-state index in [9.17, 15) is 8.42 Å². The van der Waals surface area contributed by atoms with Crippen molar-refractivity contribution in [1.82, 2.24) is 29.7 Å². The van der Waals surface area contributed by atoms with Gasteiger partial charge in [0, 0.05) is 31.1 Å². The minimum absolute atomic E-state index is 0.112. The van der Waals surface area contributed by atoms with Crippen molar-refractivity contribution in [2.45, 2.75) is 25.2 Å². The molecular formula is C25H29N7O6S. The maximum Gasteiger partial charge on any atom is 0.243 e. The average molecular weight is 556 g/mol. The number of hydrogen-bond donors (Lipinski definition) is 1. The number of rotatable bonds is 11. The summed E-state index contributed by atoms with van der Waals surface area (Å²) in [5, 5.41) is 7.38. The number of anilines is 1. The molecule has 0 bridgehead atoms. The number of aromatic nitrogens is 6. The molecule has 206 valence electrons. The van der Waals surface area contributed by atoms with Crippen molar-refractivity contribution < 1.29 is 27.4 Å². The van der Waals surface area contributed by atoms with Crippen LogP contribution in [0, 0.1) is 6.92 Å². The molecule has 0 saturated heterocycles. The third-order valence-corrected chi connectivity index (χ3v) is 7.68. The highest BCUT2D eigenvalue weighted by atomic mass is 32.2. The molecule has 0 saturated carbocycles. The van der Waals surface area contributed by atoms with Crippen LogP contribution in [0.3, 0.4) is 0 Å². The second kappa shape index (κ2) is 11.6. The van der Waals surface area contributed by atoms with Gasteiger partial charge in [0.1, 0.15) is 40.1 Å². The van der Waals surface area contributed by atoms with Crippen molar-refractivity contribution in [1.29, 1.82) is 0 Å². The number of nitrogens with zero attached hydrogens (tertiary/aromatic N) is 6. The normalized spacial score (nSPS) is 13.0. The van der Waals surface area contributed by atoms with Gasteiger partial charge in [0.25, 0.3) is 0 Å². The van der Waals surface area contributed by atoms with E-state index < -0.39 is 21.4 Å². The molecular weight excluding hydrogens is 526 g/mol. The molecule has 14 heteroatoms. The number of methoxy groups -OCH3 is 4. The molecule has 13 nitrogen and oxygen atoms in total. The molecule has 0 aliphatic heterocycles. The Balaban J connectivity index is 1.85. The maximum absolute atomic E-state index is 13.7. The molecule has 4 aromatic rings. The fraction of sp³-hybridized carbons (Fsp3) is 0.320. The van der Waals surface area contributed by atoms with E-state index in [1.54, 1.807) is 43.3 Å². The van der Waals surface area contributed by atoms with E-state index in [2.05, 4.69) is 29.9 Å². The summed E-state index contributed by atoms with van der Waals surface area (Å²) in [5.74, 6) is 1.78. The van der Waals surface area contributed by atoms with Gasteiger partial charge in [-0.3, -0.25) is 9.29 Å². The molecule has 0 spiro atoms. The van der Waals surface area contributed by atoms with Crippen molar-refractivity contribution >= 4 is 16.0 Å². The van der Waals surface area contributed by atoms with Crippen molar-refractivity contribution in [2.24, 2.45) is 0 Å². The van der Waals surface area contributed by atoms with E-state index in [1.165, 1.54) is 52.3 Å². The first-order chi connectivity index (χ1) is 18.7. The molecule has 0 aliphatic carbocycles. The summed E-state index contributed by atoms with van der Waals surface area (Å²) >= 11 is 0. The molecule has 0 fully saturated rings. The van der Waals surface area contributed by atoms with Crippen LogP contribution in [0.4, 0.5) is 5.95 Å². The van der Waals surface area contributed by atoms with Crippen molar-refractivity contribution in [3.63, 3.8) is 0 Å². The second-order valence-corrected chi connectivity index (χ2v) is 10.4. The lowest BCUT2D eigenvalue weighted by Crippen LogP contribution is -2.33. The first-order valence-electron chi connectivity index (χ1n) is 11.7. The standard InChI is InChI=1S/C25H29N7O6S/c1-15(23(38-6)17-13-26-16(2)27-14-17)39(33,34)31-25-30-29-24(18-9-7-12-21(28-18)37-5)32(25)22-19(35-3)10-8-11-20(22)36-4/h7-15,23H,1-6H3,(H,30,31)/t15-,23+/m0/s1. The largest absolute Gasteiger partial charge is 0.494 e. The van der Waals surface area contributed by atoms with Crippen molar-refractivity contribution in [2.75, 3.05) is 33.2 Å². The number of para-hydroxylation sites is 1. The van der Waals surface area contributed by atoms with E-state index in [-0.39, 0.29) is 11.8 Å². The van der Waals surface area contributed by atoms with Gasteiger partial charge in [-0.05, 0) is 32.0 Å². The zero-order chi connectivity index (χ0) is 28.2. The Labute approximate surface area is 226 Å². The van der Waals surface area contributed by atoms with Gasteiger partial charge in [-0.1, -0.05) is 12.1 Å². The highest BCUT2D eigenvalue weighted by Crippen LogP contribution is 2.38. The summed E-state index contributed by atoms with van der Waals surface area (Å²) < 4.78 is 53.4. The molecule has 0 radical (unpaired) electrons. The Kier molecular flexibility index (Phi) is 8.26. The van der Waals surface area contributed by atoms with Gasteiger partial charge in [-0.25, -0.2) is 23.4 Å². The number of ether oxygens (including phenoxy) is 4. The predicted molar refractivity (Wildman–Crippen MR) is 143 cm³/mol.